The number of likely N-dealkylation sites (N-methyl/N-ethyl adjacent to an activating group) is 1. The van der Waals surface area contributed by atoms with Gasteiger partial charge >= 0.3 is 0 Å². The van der Waals surface area contributed by atoms with Gasteiger partial charge in [0.25, 0.3) is 17.3 Å². The van der Waals surface area contributed by atoms with Gasteiger partial charge in [-0.3, -0.25) is 25.0 Å². The smallest absolute Gasteiger partial charge is 0.289 e. The van der Waals surface area contributed by atoms with Gasteiger partial charge in [0.15, 0.2) is 0 Å². The van der Waals surface area contributed by atoms with Crippen molar-refractivity contribution in [2.75, 3.05) is 25.0 Å². The Labute approximate surface area is 166 Å². The van der Waals surface area contributed by atoms with Crippen LogP contribution in [-0.4, -0.2) is 41.9 Å². The zero-order valence-corrected chi connectivity index (χ0v) is 16.1. The van der Waals surface area contributed by atoms with E-state index < -0.39 is 27.1 Å². The van der Waals surface area contributed by atoms with Gasteiger partial charge < -0.3 is 9.80 Å². The van der Waals surface area contributed by atoms with Crippen LogP contribution in [0.25, 0.3) is 0 Å². The lowest BCUT2D eigenvalue weighted by Crippen LogP contribution is -3.11. The first-order valence-electron chi connectivity index (χ1n) is 9.46. The van der Waals surface area contributed by atoms with Crippen LogP contribution in [-0.2, 0) is 0 Å². The zero-order chi connectivity index (χ0) is 20.9. The second kappa shape index (κ2) is 6.93. The highest BCUT2D eigenvalue weighted by molar-refractivity contribution is 6.10. The van der Waals surface area contributed by atoms with Crippen LogP contribution in [0.5, 0.6) is 0 Å². The topological polar surface area (TPSA) is 111 Å². The third-order valence-corrected chi connectivity index (χ3v) is 5.91. The molecule has 0 spiro atoms. The molecule has 9 nitrogen and oxygen atoms in total. The van der Waals surface area contributed by atoms with E-state index in [1.165, 1.54) is 11.0 Å². The number of benzene rings is 2. The highest BCUT2D eigenvalue weighted by atomic mass is 16.6. The van der Waals surface area contributed by atoms with Crippen LogP contribution >= 0.6 is 0 Å². The van der Waals surface area contributed by atoms with Crippen molar-refractivity contribution in [1.82, 2.24) is 0 Å². The van der Waals surface area contributed by atoms with Crippen molar-refractivity contribution in [2.24, 2.45) is 0 Å². The zero-order valence-electron chi connectivity index (χ0n) is 16.1. The Morgan fingerprint density at radius 1 is 1.14 bits per heavy atom. The molecule has 3 atom stereocenters. The Bertz CT molecular complexity index is 1040. The van der Waals surface area contributed by atoms with Crippen LogP contribution in [0, 0.1) is 27.2 Å². The van der Waals surface area contributed by atoms with E-state index >= 15 is 0 Å². The highest BCUT2D eigenvalue weighted by Gasteiger charge is 2.46. The molecule has 1 amide bonds. The number of likely N-dealkylation sites (tertiary alicyclic amines) is 1. The summed E-state index contributed by atoms with van der Waals surface area (Å²) in [5.74, 6) is -0.316. The molecule has 1 fully saturated rings. The van der Waals surface area contributed by atoms with E-state index in [9.17, 15) is 25.0 Å². The summed E-state index contributed by atoms with van der Waals surface area (Å²) in [6, 6.07) is 9.03. The van der Waals surface area contributed by atoms with Crippen molar-refractivity contribution in [3.8, 4) is 0 Å². The third kappa shape index (κ3) is 3.13. The molecule has 2 aliphatic heterocycles. The number of carbonyl (C=O) groups excluding carboxylic acids is 1. The number of fused-ring (bicyclic) bond motifs is 3. The van der Waals surface area contributed by atoms with Gasteiger partial charge in [0.1, 0.15) is 5.56 Å². The molecule has 1 N–H and O–H groups in total. The Kier molecular flexibility index (Phi) is 4.54. The summed E-state index contributed by atoms with van der Waals surface area (Å²) < 4.78 is 0. The van der Waals surface area contributed by atoms with E-state index in [4.69, 9.17) is 0 Å². The lowest BCUT2D eigenvalue weighted by Gasteiger charge is -2.34. The molecule has 2 heterocycles. The summed E-state index contributed by atoms with van der Waals surface area (Å²) in [7, 11) is 2.12. The van der Waals surface area contributed by atoms with Crippen LogP contribution in [0.15, 0.2) is 36.4 Å². The first kappa shape index (κ1) is 19.0. The van der Waals surface area contributed by atoms with Gasteiger partial charge in [0.05, 0.1) is 48.0 Å². The van der Waals surface area contributed by atoms with Gasteiger partial charge in [-0.25, -0.2) is 0 Å². The summed E-state index contributed by atoms with van der Waals surface area (Å²) in [5, 5.41) is 22.6. The number of nitrogens with one attached hydrogen (secondary N) is 1. The van der Waals surface area contributed by atoms with Gasteiger partial charge in [-0.2, -0.15) is 0 Å². The number of non-ortho nitro benzene ring substituents is 1. The predicted octanol–water partition coefficient (Wildman–Crippen LogP) is 1.84. The molecular formula is C20H21N4O5+. The normalized spacial score (nSPS) is 22.7. The summed E-state index contributed by atoms with van der Waals surface area (Å²) in [6.07, 6.45) is 0.788. The molecule has 150 valence electrons. The summed E-state index contributed by atoms with van der Waals surface area (Å²) in [4.78, 5) is 37.6. The Morgan fingerprint density at radius 2 is 1.90 bits per heavy atom. The number of hydrogen-bond acceptors (Lipinski definition) is 5. The standard InChI is InChI=1S/C20H20N4O5/c1-12-3-6-17-15(9-12)16-11-21(2)8-7-18(16)22(17)20(25)14-5-4-13(23(26)27)10-19(14)24(28)29/h3-6,9-10,16,18H,7-8,11H2,1-2H3/p+1/t16-,18-/m0/s1. The second-order valence-electron chi connectivity index (χ2n) is 7.83. The fourth-order valence-electron chi connectivity index (χ4n) is 4.56. The number of quaternary nitrogens is 1. The number of nitro groups is 2. The van der Waals surface area contributed by atoms with E-state index in [0.29, 0.717) is 0 Å². The van der Waals surface area contributed by atoms with Crippen LogP contribution in [0.4, 0.5) is 17.1 Å². The number of nitrogens with zero attached hydrogens (tertiary/aromatic N) is 3. The van der Waals surface area contributed by atoms with Gasteiger partial charge in [0.2, 0.25) is 0 Å². The predicted molar refractivity (Wildman–Crippen MR) is 106 cm³/mol. The molecule has 29 heavy (non-hydrogen) atoms. The van der Waals surface area contributed by atoms with Crippen LogP contribution < -0.4 is 9.80 Å². The number of rotatable bonds is 3. The average Bonchev–Trinajstić information content (AvgIpc) is 2.99. The quantitative estimate of drug-likeness (QED) is 0.628. The Morgan fingerprint density at radius 3 is 2.59 bits per heavy atom. The van der Waals surface area contributed by atoms with Gasteiger partial charge in [-0.05, 0) is 24.6 Å². The lowest BCUT2D eigenvalue weighted by atomic mass is 9.88. The molecule has 0 radical (unpaired) electrons. The summed E-state index contributed by atoms with van der Waals surface area (Å²) in [6.45, 7) is 3.79. The fourth-order valence-corrected chi connectivity index (χ4v) is 4.56. The van der Waals surface area contributed by atoms with Crippen LogP contribution in [0.3, 0.4) is 0 Å². The molecule has 2 aromatic carbocycles. The molecule has 0 saturated carbocycles. The third-order valence-electron chi connectivity index (χ3n) is 5.91. The number of carbonyl (C=O) groups is 1. The van der Waals surface area contributed by atoms with E-state index in [2.05, 4.69) is 13.1 Å². The SMILES string of the molecule is Cc1ccc2c(c1)[C@@H]1C[NH+](C)CC[C@@H]1N2C(=O)c1ccc([N+](=O)[O-])cc1[N+](=O)[O-]. The van der Waals surface area contributed by atoms with Gasteiger partial charge in [-0.1, -0.05) is 17.7 Å². The van der Waals surface area contributed by atoms with Crippen molar-refractivity contribution in [2.45, 2.75) is 25.3 Å². The maximum absolute atomic E-state index is 13.5. The number of hydrogen-bond donors (Lipinski definition) is 1. The number of anilines is 1. The Hall–Kier alpha value is -3.33. The van der Waals surface area contributed by atoms with Gasteiger partial charge in [-0.15, -0.1) is 0 Å². The van der Waals surface area contributed by atoms with Gasteiger partial charge in [0, 0.05) is 18.2 Å². The van der Waals surface area contributed by atoms with E-state index in [-0.39, 0.29) is 17.5 Å². The molecule has 2 aromatic rings. The fraction of sp³-hybridized carbons (Fsp3) is 0.350. The molecule has 0 aliphatic carbocycles. The number of piperidine rings is 1. The first-order valence-corrected chi connectivity index (χ1v) is 9.46. The number of nitro benzene ring substituents is 2. The van der Waals surface area contributed by atoms with Crippen LogP contribution in [0.2, 0.25) is 0 Å². The second-order valence-corrected chi connectivity index (χ2v) is 7.83. The summed E-state index contributed by atoms with van der Waals surface area (Å²) in [5.41, 5.74) is 1.89. The van der Waals surface area contributed by atoms with Crippen molar-refractivity contribution >= 4 is 23.0 Å². The molecule has 1 unspecified atom stereocenters. The van der Waals surface area contributed by atoms with Crippen molar-refractivity contribution in [3.63, 3.8) is 0 Å². The Balaban J connectivity index is 1.81. The maximum atomic E-state index is 13.5. The minimum Gasteiger partial charge on any atom is -0.337 e. The largest absolute Gasteiger partial charge is 0.337 e. The minimum absolute atomic E-state index is 0.0715. The molecule has 0 aromatic heterocycles. The van der Waals surface area contributed by atoms with E-state index in [1.807, 2.05) is 19.1 Å². The molecule has 2 aliphatic rings. The first-order chi connectivity index (χ1) is 13.8. The van der Waals surface area contributed by atoms with Crippen LogP contribution in [0.1, 0.15) is 33.8 Å². The summed E-state index contributed by atoms with van der Waals surface area (Å²) >= 11 is 0. The molecule has 9 heteroatoms. The molecular weight excluding hydrogens is 376 g/mol. The van der Waals surface area contributed by atoms with Crippen molar-refractivity contribution in [3.05, 3.63) is 73.3 Å². The maximum Gasteiger partial charge on any atom is 0.289 e. The monoisotopic (exact) mass is 397 g/mol. The van der Waals surface area contributed by atoms with Crippen molar-refractivity contribution < 1.29 is 19.5 Å². The number of aryl methyl sites for hydroxylation is 1. The number of amides is 1. The lowest BCUT2D eigenvalue weighted by molar-refractivity contribution is -0.886. The molecule has 0 bridgehead atoms. The molecule has 4 rings (SSSR count). The highest BCUT2D eigenvalue weighted by Crippen LogP contribution is 2.44. The minimum atomic E-state index is -0.733. The molecule has 1 saturated heterocycles. The van der Waals surface area contributed by atoms with E-state index in [0.717, 1.165) is 48.5 Å². The van der Waals surface area contributed by atoms with E-state index in [1.54, 1.807) is 4.90 Å². The average molecular weight is 397 g/mol. The van der Waals surface area contributed by atoms with Crippen molar-refractivity contribution in [1.29, 1.82) is 0 Å².